The van der Waals surface area contributed by atoms with E-state index in [1.165, 1.54) is 83.5 Å². The smallest absolute Gasteiger partial charge is 0.335 e. The summed E-state index contributed by atoms with van der Waals surface area (Å²) < 4.78 is 28.4. The van der Waals surface area contributed by atoms with Crippen LogP contribution in [0, 0.1) is 0 Å². The zero-order valence-electron chi connectivity index (χ0n) is 47.5. The first-order valence-electron chi connectivity index (χ1n) is 30.3. The van der Waals surface area contributed by atoms with E-state index in [1.807, 2.05) is 0 Å². The van der Waals surface area contributed by atoms with Crippen LogP contribution in [0.5, 0.6) is 0 Å². The summed E-state index contributed by atoms with van der Waals surface area (Å²) in [6.07, 6.45) is 50.5. The highest BCUT2D eigenvalue weighted by molar-refractivity contribution is 5.74. The van der Waals surface area contributed by atoms with Crippen molar-refractivity contribution in [2.75, 3.05) is 13.2 Å². The summed E-state index contributed by atoms with van der Waals surface area (Å²) in [6.45, 7) is 5.90. The summed E-state index contributed by atoms with van der Waals surface area (Å²) in [6, 6.07) is 0. The molecule has 0 bridgehead atoms. The van der Waals surface area contributed by atoms with Crippen molar-refractivity contribution in [3.05, 3.63) is 60.8 Å². The molecule has 1 fully saturated rings. The zero-order chi connectivity index (χ0) is 54.7. The second kappa shape index (κ2) is 51.2. The van der Waals surface area contributed by atoms with Gasteiger partial charge in [-0.15, -0.1) is 0 Å². The summed E-state index contributed by atoms with van der Waals surface area (Å²) in [4.78, 5) is 51.1. The molecule has 0 amide bonds. The molecule has 0 aromatic heterocycles. The fraction of sp³-hybridized carbons (Fsp3) is 0.778. The van der Waals surface area contributed by atoms with Gasteiger partial charge >= 0.3 is 23.9 Å². The molecule has 12 nitrogen and oxygen atoms in total. The molecule has 3 N–H and O–H groups in total. The largest absolute Gasteiger partial charge is 0.479 e. The third-order valence-corrected chi connectivity index (χ3v) is 13.6. The van der Waals surface area contributed by atoms with Gasteiger partial charge in [0.15, 0.2) is 24.6 Å². The Balaban J connectivity index is 2.67. The molecule has 1 heterocycles. The maximum atomic E-state index is 13.2. The minimum absolute atomic E-state index is 0.0590. The fourth-order valence-electron chi connectivity index (χ4n) is 8.88. The summed E-state index contributed by atoms with van der Waals surface area (Å²) in [5, 5.41) is 31.4. The number of rotatable bonds is 51. The number of allylic oxidation sites excluding steroid dienone is 10. The van der Waals surface area contributed by atoms with Crippen molar-refractivity contribution in [1.82, 2.24) is 0 Å². The number of aliphatic hydroxyl groups is 2. The van der Waals surface area contributed by atoms with Crippen LogP contribution in [0.1, 0.15) is 265 Å². The van der Waals surface area contributed by atoms with Crippen LogP contribution in [-0.2, 0) is 42.9 Å². The summed E-state index contributed by atoms with van der Waals surface area (Å²) in [5.41, 5.74) is 0. The Bertz CT molecular complexity index is 1540. The Morgan fingerprint density at radius 1 is 0.440 bits per heavy atom. The molecule has 0 aliphatic carbocycles. The van der Waals surface area contributed by atoms with E-state index in [4.69, 9.17) is 23.7 Å². The summed E-state index contributed by atoms with van der Waals surface area (Å²) >= 11 is 0. The van der Waals surface area contributed by atoms with Gasteiger partial charge in [0.1, 0.15) is 18.8 Å². The van der Waals surface area contributed by atoms with Crippen LogP contribution in [0.3, 0.4) is 0 Å². The number of hydrogen-bond donors (Lipinski definition) is 3. The molecule has 75 heavy (non-hydrogen) atoms. The third-order valence-electron chi connectivity index (χ3n) is 13.6. The molecule has 1 rings (SSSR count). The number of carboxylic acids is 1. The van der Waals surface area contributed by atoms with Gasteiger partial charge in [0.25, 0.3) is 0 Å². The van der Waals surface area contributed by atoms with Crippen LogP contribution in [0.25, 0.3) is 0 Å². The number of unbranched alkanes of at least 4 members (excludes halogenated alkanes) is 27. The first-order valence-corrected chi connectivity index (χ1v) is 30.3. The number of aliphatic carboxylic acids is 1. The van der Waals surface area contributed by atoms with Crippen LogP contribution in [0.15, 0.2) is 60.8 Å². The zero-order valence-corrected chi connectivity index (χ0v) is 47.5. The molecule has 0 aromatic carbocycles. The minimum atomic E-state index is -1.90. The maximum Gasteiger partial charge on any atom is 0.335 e. The van der Waals surface area contributed by atoms with Crippen LogP contribution in [0.4, 0.5) is 0 Å². The van der Waals surface area contributed by atoms with Gasteiger partial charge < -0.3 is 39.0 Å². The predicted octanol–water partition coefficient (Wildman–Crippen LogP) is 15.6. The predicted molar refractivity (Wildman–Crippen MR) is 303 cm³/mol. The normalized spacial score (nSPS) is 18.5. The standard InChI is InChI=1S/C63H108O12/c1-4-7-10-13-16-19-21-23-25-27-28-30-31-33-35-38-40-43-46-49-55(64)71-52-54(73-56(65)50-47-44-42-39-36-34-32-29-26-24-22-20-17-14-11-8-5-2)53-72-63-61(59(68)58(67)60(75-63)62(69)70)74-57(66)51-48-45-41-37-18-15-12-9-6-3/h16-17,19-20,23-26,28,30,54,58-61,63,67-68H,4-15,18,21-22,27,29,31-53H2,1-3H3,(H,69,70)/b19-16-,20-17-,25-23-,26-24-,30-28-. The molecular weight excluding hydrogens is 949 g/mol. The quantitative estimate of drug-likeness (QED) is 0.0228. The Labute approximate surface area is 456 Å². The van der Waals surface area contributed by atoms with E-state index in [0.29, 0.717) is 19.3 Å². The second-order valence-corrected chi connectivity index (χ2v) is 20.6. The van der Waals surface area contributed by atoms with Gasteiger partial charge in [0.2, 0.25) is 0 Å². The van der Waals surface area contributed by atoms with Crippen LogP contribution in [-0.4, -0.2) is 89.2 Å². The van der Waals surface area contributed by atoms with Crippen molar-refractivity contribution in [3.63, 3.8) is 0 Å². The molecule has 1 aliphatic rings. The molecule has 0 saturated carbocycles. The van der Waals surface area contributed by atoms with Crippen LogP contribution >= 0.6 is 0 Å². The van der Waals surface area contributed by atoms with E-state index in [0.717, 1.165) is 122 Å². The Morgan fingerprint density at radius 3 is 1.24 bits per heavy atom. The molecule has 0 radical (unpaired) electrons. The van der Waals surface area contributed by atoms with E-state index in [2.05, 4.69) is 81.5 Å². The first-order chi connectivity index (χ1) is 36.6. The van der Waals surface area contributed by atoms with Crippen molar-refractivity contribution in [3.8, 4) is 0 Å². The lowest BCUT2D eigenvalue weighted by molar-refractivity contribution is -0.301. The van der Waals surface area contributed by atoms with Crippen molar-refractivity contribution < 1.29 is 58.2 Å². The Morgan fingerprint density at radius 2 is 0.800 bits per heavy atom. The van der Waals surface area contributed by atoms with E-state index >= 15 is 0 Å². The van der Waals surface area contributed by atoms with Gasteiger partial charge in [-0.3, -0.25) is 14.4 Å². The van der Waals surface area contributed by atoms with E-state index in [9.17, 15) is 34.5 Å². The van der Waals surface area contributed by atoms with Crippen LogP contribution < -0.4 is 0 Å². The van der Waals surface area contributed by atoms with Gasteiger partial charge in [-0.1, -0.05) is 216 Å². The maximum absolute atomic E-state index is 13.2. The van der Waals surface area contributed by atoms with Crippen LogP contribution in [0.2, 0.25) is 0 Å². The molecule has 6 atom stereocenters. The van der Waals surface area contributed by atoms with Crippen molar-refractivity contribution in [2.45, 2.75) is 302 Å². The number of esters is 3. The Kier molecular flexibility index (Phi) is 47.4. The number of carboxylic acid groups (broad SMARTS) is 1. The summed E-state index contributed by atoms with van der Waals surface area (Å²) in [5.74, 6) is -3.14. The van der Waals surface area contributed by atoms with Gasteiger partial charge in [0.05, 0.1) is 6.61 Å². The lowest BCUT2D eigenvalue weighted by Gasteiger charge is -2.40. The molecule has 0 spiro atoms. The third kappa shape index (κ3) is 41.2. The number of aliphatic hydroxyl groups excluding tert-OH is 2. The molecule has 0 aromatic rings. The molecule has 1 saturated heterocycles. The van der Waals surface area contributed by atoms with E-state index < -0.39 is 67.3 Å². The average Bonchev–Trinajstić information content (AvgIpc) is 3.39. The number of carbonyl (C=O) groups excluding carboxylic acids is 3. The molecule has 12 heteroatoms. The number of ether oxygens (including phenoxy) is 5. The number of hydrogen-bond acceptors (Lipinski definition) is 11. The Hall–Kier alpha value is -3.58. The molecule has 432 valence electrons. The topological polar surface area (TPSA) is 175 Å². The number of carbonyl (C=O) groups is 4. The van der Waals surface area contributed by atoms with Gasteiger partial charge in [-0.25, -0.2) is 4.79 Å². The fourth-order valence-corrected chi connectivity index (χ4v) is 8.88. The molecular formula is C63H108O12. The van der Waals surface area contributed by atoms with Crippen molar-refractivity contribution in [1.29, 1.82) is 0 Å². The highest BCUT2D eigenvalue weighted by Crippen LogP contribution is 2.26. The first kappa shape index (κ1) is 69.4. The average molecular weight is 1060 g/mol. The summed E-state index contributed by atoms with van der Waals surface area (Å²) in [7, 11) is 0. The molecule has 6 unspecified atom stereocenters. The highest BCUT2D eigenvalue weighted by atomic mass is 16.7. The van der Waals surface area contributed by atoms with Crippen molar-refractivity contribution in [2.24, 2.45) is 0 Å². The lowest BCUT2D eigenvalue weighted by Crippen LogP contribution is -2.61. The van der Waals surface area contributed by atoms with E-state index in [1.54, 1.807) is 0 Å². The minimum Gasteiger partial charge on any atom is -0.479 e. The van der Waals surface area contributed by atoms with Gasteiger partial charge in [-0.2, -0.15) is 0 Å². The molecule has 1 aliphatic heterocycles. The SMILES string of the molecule is CCCCC/C=C\C/C=C\C/C=C\CCCCCCCCC(=O)OCC(COC1OC(C(=O)O)C(O)C(O)C1OC(=O)CCCCCCCCCCC)OC(=O)CCCCCCCCC/C=C\C/C=C\CCCCC. The highest BCUT2D eigenvalue weighted by Gasteiger charge is 2.50. The van der Waals surface area contributed by atoms with Gasteiger partial charge in [0, 0.05) is 19.3 Å². The van der Waals surface area contributed by atoms with E-state index in [-0.39, 0.29) is 25.9 Å². The lowest BCUT2D eigenvalue weighted by atomic mass is 9.98. The second-order valence-electron chi connectivity index (χ2n) is 20.6. The monoisotopic (exact) mass is 1060 g/mol. The van der Waals surface area contributed by atoms with Crippen molar-refractivity contribution >= 4 is 23.9 Å². The van der Waals surface area contributed by atoms with Gasteiger partial charge in [-0.05, 0) is 89.9 Å².